The van der Waals surface area contributed by atoms with Crippen LogP contribution in [0, 0.1) is 12.3 Å². The molecule has 0 saturated heterocycles. The summed E-state index contributed by atoms with van der Waals surface area (Å²) in [6, 6.07) is 5.94. The highest BCUT2D eigenvalue weighted by atomic mass is 79.9. The second-order valence-electron chi connectivity index (χ2n) is 3.60. The maximum Gasteiger partial charge on any atom is 0.133 e. The van der Waals surface area contributed by atoms with Gasteiger partial charge in [-0.1, -0.05) is 6.07 Å². The highest BCUT2D eigenvalue weighted by molar-refractivity contribution is 9.10. The van der Waals surface area contributed by atoms with Gasteiger partial charge in [0.05, 0.1) is 11.6 Å². The van der Waals surface area contributed by atoms with Gasteiger partial charge in [-0.2, -0.15) is 0 Å². The fraction of sp³-hybridized carbons (Fsp3) is 0.385. The fourth-order valence-corrected chi connectivity index (χ4v) is 2.06. The summed E-state index contributed by atoms with van der Waals surface area (Å²) in [7, 11) is 1.65. The lowest BCUT2D eigenvalue weighted by atomic mass is 10.0. The van der Waals surface area contributed by atoms with Crippen molar-refractivity contribution in [2.75, 3.05) is 7.11 Å². The van der Waals surface area contributed by atoms with Crippen LogP contribution in [0.3, 0.4) is 0 Å². The summed E-state index contributed by atoms with van der Waals surface area (Å²) in [4.78, 5) is 0. The average molecular weight is 282 g/mol. The van der Waals surface area contributed by atoms with Crippen molar-refractivity contribution < 1.29 is 4.74 Å². The first-order valence-corrected chi connectivity index (χ1v) is 6.00. The van der Waals surface area contributed by atoms with Gasteiger partial charge in [-0.25, -0.2) is 0 Å². The van der Waals surface area contributed by atoms with Gasteiger partial charge in [0.15, 0.2) is 0 Å². The van der Waals surface area contributed by atoms with E-state index in [1.807, 2.05) is 18.2 Å². The molecule has 0 amide bonds. The topological polar surface area (TPSA) is 35.2 Å². The van der Waals surface area contributed by atoms with Crippen LogP contribution in [0.5, 0.6) is 5.75 Å². The number of rotatable bonds is 5. The van der Waals surface area contributed by atoms with E-state index in [-0.39, 0.29) is 6.04 Å². The fourth-order valence-electron chi connectivity index (χ4n) is 1.50. The molecule has 1 rings (SSSR count). The van der Waals surface area contributed by atoms with Gasteiger partial charge < -0.3 is 10.5 Å². The van der Waals surface area contributed by atoms with E-state index in [2.05, 4.69) is 21.9 Å². The predicted molar refractivity (Wildman–Crippen MR) is 70.3 cm³/mol. The lowest BCUT2D eigenvalue weighted by molar-refractivity contribution is 0.411. The van der Waals surface area contributed by atoms with Crippen LogP contribution in [0.25, 0.3) is 0 Å². The number of unbranched alkanes of at least 4 members (excludes halogenated alkanes) is 1. The van der Waals surface area contributed by atoms with Gasteiger partial charge in [-0.15, -0.1) is 12.3 Å². The first-order chi connectivity index (χ1) is 7.69. The molecule has 0 aliphatic rings. The van der Waals surface area contributed by atoms with Gasteiger partial charge in [0.2, 0.25) is 0 Å². The normalized spacial score (nSPS) is 11.9. The zero-order chi connectivity index (χ0) is 12.0. The molecule has 0 heterocycles. The van der Waals surface area contributed by atoms with Gasteiger partial charge >= 0.3 is 0 Å². The highest BCUT2D eigenvalue weighted by Crippen LogP contribution is 2.28. The smallest absolute Gasteiger partial charge is 0.133 e. The third-order valence-corrected chi connectivity index (χ3v) is 3.06. The summed E-state index contributed by atoms with van der Waals surface area (Å²) < 4.78 is 6.09. The summed E-state index contributed by atoms with van der Waals surface area (Å²) in [6.45, 7) is 0. The third kappa shape index (κ3) is 3.55. The van der Waals surface area contributed by atoms with E-state index in [1.54, 1.807) is 7.11 Å². The molecule has 0 spiro atoms. The first-order valence-electron chi connectivity index (χ1n) is 5.21. The number of hydrogen-bond acceptors (Lipinski definition) is 2. The maximum atomic E-state index is 6.07. The first kappa shape index (κ1) is 13.1. The lowest BCUT2D eigenvalue weighted by Crippen LogP contribution is -2.10. The Labute approximate surface area is 105 Å². The van der Waals surface area contributed by atoms with Crippen LogP contribution in [0.15, 0.2) is 22.7 Å². The van der Waals surface area contributed by atoms with E-state index in [4.69, 9.17) is 16.9 Å². The average Bonchev–Trinajstić information content (AvgIpc) is 2.29. The summed E-state index contributed by atoms with van der Waals surface area (Å²) in [5, 5.41) is 0. The minimum atomic E-state index is 0.0376. The number of ether oxygens (including phenoxy) is 1. The van der Waals surface area contributed by atoms with Crippen LogP contribution in [-0.2, 0) is 0 Å². The van der Waals surface area contributed by atoms with Crippen molar-refractivity contribution in [2.24, 2.45) is 5.73 Å². The Morgan fingerprint density at radius 2 is 2.31 bits per heavy atom. The van der Waals surface area contributed by atoms with Crippen LogP contribution >= 0.6 is 15.9 Å². The van der Waals surface area contributed by atoms with Crippen molar-refractivity contribution in [1.29, 1.82) is 0 Å². The summed E-state index contributed by atoms with van der Waals surface area (Å²) in [5.74, 6) is 3.44. The molecule has 0 aliphatic carbocycles. The van der Waals surface area contributed by atoms with Crippen molar-refractivity contribution in [3.8, 4) is 18.1 Å². The van der Waals surface area contributed by atoms with E-state index in [1.165, 1.54) is 0 Å². The Morgan fingerprint density at radius 3 is 2.88 bits per heavy atom. The molecule has 2 N–H and O–H groups in total. The monoisotopic (exact) mass is 281 g/mol. The zero-order valence-electron chi connectivity index (χ0n) is 9.37. The van der Waals surface area contributed by atoms with Gasteiger partial charge in [0.25, 0.3) is 0 Å². The van der Waals surface area contributed by atoms with E-state index in [9.17, 15) is 0 Å². The molecule has 1 aromatic rings. The van der Waals surface area contributed by atoms with Gasteiger partial charge in [0.1, 0.15) is 5.75 Å². The van der Waals surface area contributed by atoms with E-state index < -0.39 is 0 Å². The standard InChI is InChI=1S/C13H16BrNO/c1-3-4-5-6-12(15)10-7-8-13(16-2)11(14)9-10/h1,7-9,12H,4-6,15H2,2H3. The molecule has 0 radical (unpaired) electrons. The van der Waals surface area contributed by atoms with Crippen LogP contribution in [-0.4, -0.2) is 7.11 Å². The summed E-state index contributed by atoms with van der Waals surface area (Å²) >= 11 is 3.44. The Hall–Kier alpha value is -0.980. The number of methoxy groups -OCH3 is 1. The van der Waals surface area contributed by atoms with Crippen molar-refractivity contribution in [1.82, 2.24) is 0 Å². The molecular formula is C13H16BrNO. The van der Waals surface area contributed by atoms with Crippen LogP contribution < -0.4 is 10.5 Å². The van der Waals surface area contributed by atoms with E-state index in [0.717, 1.165) is 35.0 Å². The molecule has 86 valence electrons. The molecule has 0 aliphatic heterocycles. The molecule has 16 heavy (non-hydrogen) atoms. The van der Waals surface area contributed by atoms with Crippen LogP contribution in [0.4, 0.5) is 0 Å². The van der Waals surface area contributed by atoms with Gasteiger partial charge in [-0.05, 0) is 46.5 Å². The zero-order valence-corrected chi connectivity index (χ0v) is 11.0. The molecular weight excluding hydrogens is 266 g/mol. The minimum Gasteiger partial charge on any atom is -0.496 e. The van der Waals surface area contributed by atoms with E-state index in [0.29, 0.717) is 0 Å². The van der Waals surface area contributed by atoms with Crippen molar-refractivity contribution in [3.05, 3.63) is 28.2 Å². The minimum absolute atomic E-state index is 0.0376. The largest absolute Gasteiger partial charge is 0.496 e. The molecule has 1 atom stereocenters. The molecule has 3 heteroatoms. The van der Waals surface area contributed by atoms with E-state index >= 15 is 0 Å². The quantitative estimate of drug-likeness (QED) is 0.664. The number of benzene rings is 1. The van der Waals surface area contributed by atoms with Crippen LogP contribution in [0.2, 0.25) is 0 Å². The third-order valence-electron chi connectivity index (χ3n) is 2.44. The Balaban J connectivity index is 2.66. The summed E-state index contributed by atoms with van der Waals surface area (Å²) in [6.07, 6.45) is 7.85. The molecule has 0 bridgehead atoms. The Bertz CT molecular complexity index is 384. The molecule has 0 aromatic heterocycles. The Morgan fingerprint density at radius 1 is 1.56 bits per heavy atom. The number of terminal acetylenes is 1. The second-order valence-corrected chi connectivity index (χ2v) is 4.45. The summed E-state index contributed by atoms with van der Waals surface area (Å²) in [5.41, 5.74) is 7.17. The van der Waals surface area contributed by atoms with Crippen molar-refractivity contribution >= 4 is 15.9 Å². The molecule has 0 saturated carbocycles. The van der Waals surface area contributed by atoms with Crippen molar-refractivity contribution in [3.63, 3.8) is 0 Å². The second kappa shape index (κ2) is 6.57. The van der Waals surface area contributed by atoms with Gasteiger partial charge in [-0.3, -0.25) is 0 Å². The molecule has 2 nitrogen and oxygen atoms in total. The Kier molecular flexibility index (Phi) is 5.37. The predicted octanol–water partition coefficient (Wildman–Crippen LogP) is 3.26. The number of halogens is 1. The SMILES string of the molecule is C#CCCCC(N)c1ccc(OC)c(Br)c1. The van der Waals surface area contributed by atoms with Gasteiger partial charge in [0, 0.05) is 12.5 Å². The van der Waals surface area contributed by atoms with Crippen LogP contribution in [0.1, 0.15) is 30.9 Å². The molecule has 0 fully saturated rings. The number of nitrogens with two attached hydrogens (primary N) is 1. The molecule has 1 unspecified atom stereocenters. The maximum absolute atomic E-state index is 6.07. The number of hydrogen-bond donors (Lipinski definition) is 1. The lowest BCUT2D eigenvalue weighted by Gasteiger charge is -2.13. The highest BCUT2D eigenvalue weighted by Gasteiger charge is 2.08. The van der Waals surface area contributed by atoms with Crippen molar-refractivity contribution in [2.45, 2.75) is 25.3 Å². The molecule has 1 aromatic carbocycles.